The molecule has 0 spiro atoms. The predicted octanol–water partition coefficient (Wildman–Crippen LogP) is 4.24. The minimum absolute atomic E-state index is 0.0282. The molecular formula is C30H38BrNO6Si. The van der Waals surface area contributed by atoms with Crippen LogP contribution in [0.5, 0.6) is 5.75 Å². The molecule has 2 heterocycles. The van der Waals surface area contributed by atoms with Gasteiger partial charge in [0, 0.05) is 31.9 Å². The van der Waals surface area contributed by atoms with Gasteiger partial charge in [-0.3, -0.25) is 4.79 Å². The molecule has 4 rings (SSSR count). The molecule has 1 aliphatic heterocycles. The first kappa shape index (κ1) is 29.7. The van der Waals surface area contributed by atoms with E-state index < -0.39 is 25.9 Å². The predicted molar refractivity (Wildman–Crippen MR) is 158 cm³/mol. The van der Waals surface area contributed by atoms with Crippen LogP contribution < -0.4 is 20.5 Å². The first-order valence-corrected chi connectivity index (χ1v) is 15.7. The van der Waals surface area contributed by atoms with Gasteiger partial charge in [-0.25, -0.2) is 0 Å². The molecule has 3 unspecified atom stereocenters. The van der Waals surface area contributed by atoms with Gasteiger partial charge in [-0.15, -0.1) is 0 Å². The fraction of sp³-hybridized carbons (Fsp3) is 0.433. The maximum atomic E-state index is 13.0. The maximum absolute atomic E-state index is 13.0. The minimum Gasteiger partial charge on any atom is -0.491 e. The van der Waals surface area contributed by atoms with Gasteiger partial charge in [-0.2, -0.15) is 0 Å². The largest absolute Gasteiger partial charge is 0.491 e. The zero-order valence-electron chi connectivity index (χ0n) is 23.4. The normalized spacial score (nSPS) is 21.4. The first-order valence-electron chi connectivity index (χ1n) is 13.0. The van der Waals surface area contributed by atoms with Gasteiger partial charge in [-0.05, 0) is 31.3 Å². The van der Waals surface area contributed by atoms with Crippen LogP contribution in [0.25, 0.3) is 0 Å². The third-order valence-electron chi connectivity index (χ3n) is 7.79. The quantitative estimate of drug-likeness (QED) is 0.287. The molecule has 0 saturated carbocycles. The Morgan fingerprint density at radius 2 is 1.62 bits per heavy atom. The van der Waals surface area contributed by atoms with Crippen molar-refractivity contribution in [2.45, 2.75) is 51.5 Å². The van der Waals surface area contributed by atoms with E-state index in [0.29, 0.717) is 10.2 Å². The third kappa shape index (κ3) is 5.28. The molecule has 0 bridgehead atoms. The van der Waals surface area contributed by atoms with Crippen molar-refractivity contribution in [3.05, 3.63) is 87.3 Å². The van der Waals surface area contributed by atoms with Crippen molar-refractivity contribution in [3.63, 3.8) is 0 Å². The Hall–Kier alpha value is -2.27. The van der Waals surface area contributed by atoms with E-state index in [1.165, 1.54) is 7.11 Å². The van der Waals surface area contributed by atoms with Crippen molar-refractivity contribution in [2.24, 2.45) is 5.41 Å². The fourth-order valence-corrected chi connectivity index (χ4v) is 10.8. The second-order valence-electron chi connectivity index (χ2n) is 11.3. The molecule has 9 heteroatoms. The van der Waals surface area contributed by atoms with Crippen LogP contribution >= 0.6 is 15.9 Å². The van der Waals surface area contributed by atoms with E-state index >= 15 is 0 Å². The fourth-order valence-electron chi connectivity index (χ4n) is 5.72. The Balaban J connectivity index is 1.88. The number of halogens is 1. The molecule has 0 amide bonds. The summed E-state index contributed by atoms with van der Waals surface area (Å²) in [5.41, 5.74) is -0.651. The molecule has 7 nitrogen and oxygen atoms in total. The molecule has 0 saturated heterocycles. The lowest BCUT2D eigenvalue weighted by molar-refractivity contribution is -0.175. The van der Waals surface area contributed by atoms with E-state index in [1.54, 1.807) is 13.3 Å². The summed E-state index contributed by atoms with van der Waals surface area (Å²) < 4.78 is 26.6. The van der Waals surface area contributed by atoms with E-state index in [-0.39, 0.29) is 36.2 Å². The monoisotopic (exact) mass is 615 g/mol. The second kappa shape index (κ2) is 11.7. The number of nitrogens with zero attached hydrogens (tertiary/aromatic N) is 1. The highest BCUT2D eigenvalue weighted by atomic mass is 79.9. The summed E-state index contributed by atoms with van der Waals surface area (Å²) in [6.45, 7) is 9.00. The van der Waals surface area contributed by atoms with Crippen molar-refractivity contribution in [1.29, 1.82) is 0 Å². The highest BCUT2D eigenvalue weighted by molar-refractivity contribution is 9.10. The number of hydrogen-bond donors (Lipinski definition) is 1. The molecular weight excluding hydrogens is 578 g/mol. The molecule has 0 fully saturated rings. The molecule has 1 N–H and O–H groups in total. The average molecular weight is 617 g/mol. The maximum Gasteiger partial charge on any atom is 0.261 e. The average Bonchev–Trinajstić information content (AvgIpc) is 2.91. The standard InChI is InChI=1S/C30H38BrNO6Si/c1-29(2,3)39(21-13-9-7-10-14-21,22-15-11-8-12-16-22)38-19-30(4)24(33)18-32-17-23(31)26(34)27(36-6)25(32)28(30)37-20-35-5/h7-17,24,28,33H,18-20H2,1-6H3. The summed E-state index contributed by atoms with van der Waals surface area (Å²) >= 11 is 3.34. The summed E-state index contributed by atoms with van der Waals surface area (Å²) in [7, 11) is 0.105. The lowest BCUT2D eigenvalue weighted by Gasteiger charge is -2.50. The molecule has 210 valence electrons. The number of aromatic nitrogens is 1. The summed E-state index contributed by atoms with van der Waals surface area (Å²) in [6.07, 6.45) is 0.0918. The minimum atomic E-state index is -2.91. The number of methoxy groups -OCH3 is 2. The highest BCUT2D eigenvalue weighted by Gasteiger charge is 2.55. The van der Waals surface area contributed by atoms with E-state index in [4.69, 9.17) is 18.6 Å². The molecule has 0 radical (unpaired) electrons. The van der Waals surface area contributed by atoms with Gasteiger partial charge in [0.2, 0.25) is 5.43 Å². The van der Waals surface area contributed by atoms with Gasteiger partial charge in [0.05, 0.1) is 23.4 Å². The van der Waals surface area contributed by atoms with Crippen LogP contribution in [0.2, 0.25) is 5.04 Å². The zero-order valence-corrected chi connectivity index (χ0v) is 26.0. The molecule has 1 aliphatic rings. The van der Waals surface area contributed by atoms with Crippen molar-refractivity contribution >= 4 is 34.6 Å². The Kier molecular flexibility index (Phi) is 8.90. The van der Waals surface area contributed by atoms with E-state index in [2.05, 4.69) is 61.0 Å². The Morgan fingerprint density at radius 1 is 1.05 bits per heavy atom. The van der Waals surface area contributed by atoms with E-state index in [0.717, 1.165) is 10.4 Å². The number of rotatable bonds is 9. The van der Waals surface area contributed by atoms with Crippen LogP contribution in [-0.2, 0) is 20.4 Å². The number of ether oxygens (including phenoxy) is 3. The van der Waals surface area contributed by atoms with Crippen LogP contribution in [0, 0.1) is 5.41 Å². The Labute approximate surface area is 239 Å². The Bertz CT molecular complexity index is 1290. The van der Waals surface area contributed by atoms with Gasteiger partial charge in [0.15, 0.2) is 5.75 Å². The van der Waals surface area contributed by atoms with Crippen LogP contribution in [0.15, 0.2) is 76.1 Å². The molecule has 3 atom stereocenters. The topological polar surface area (TPSA) is 79.2 Å². The molecule has 39 heavy (non-hydrogen) atoms. The van der Waals surface area contributed by atoms with Crippen LogP contribution in [-0.4, -0.2) is 51.7 Å². The third-order valence-corrected chi connectivity index (χ3v) is 13.3. The number of aliphatic hydroxyl groups excluding tert-OH is 1. The number of fused-ring (bicyclic) bond motifs is 1. The van der Waals surface area contributed by atoms with Crippen molar-refractivity contribution < 1.29 is 23.7 Å². The van der Waals surface area contributed by atoms with Gasteiger partial charge < -0.3 is 28.3 Å². The number of pyridine rings is 1. The van der Waals surface area contributed by atoms with Crippen molar-refractivity contribution in [3.8, 4) is 5.75 Å². The summed E-state index contributed by atoms with van der Waals surface area (Å²) in [4.78, 5) is 13.0. The SMILES string of the molecule is COCOC1c2c(OC)c(=O)c(Br)cn2CC(O)C1(C)CO[Si](c1ccccc1)(c1ccccc1)C(C)(C)C. The van der Waals surface area contributed by atoms with Gasteiger partial charge in [-0.1, -0.05) is 88.4 Å². The number of benzene rings is 2. The first-order chi connectivity index (χ1) is 18.5. The second-order valence-corrected chi connectivity index (χ2v) is 16.5. The van der Waals surface area contributed by atoms with Crippen molar-refractivity contribution in [2.75, 3.05) is 27.6 Å². The van der Waals surface area contributed by atoms with Gasteiger partial charge >= 0.3 is 0 Å². The van der Waals surface area contributed by atoms with E-state index in [9.17, 15) is 9.90 Å². The van der Waals surface area contributed by atoms with Crippen molar-refractivity contribution in [1.82, 2.24) is 4.57 Å². The van der Waals surface area contributed by atoms with Crippen LogP contribution in [0.1, 0.15) is 39.5 Å². The molecule has 2 aromatic carbocycles. The molecule has 3 aromatic rings. The van der Waals surface area contributed by atoms with Gasteiger partial charge in [0.1, 0.15) is 12.9 Å². The number of hydrogen-bond acceptors (Lipinski definition) is 6. The van der Waals surface area contributed by atoms with Crippen LogP contribution in [0.4, 0.5) is 0 Å². The highest BCUT2D eigenvalue weighted by Crippen LogP contribution is 2.48. The lowest BCUT2D eigenvalue weighted by atomic mass is 9.75. The van der Waals surface area contributed by atoms with E-state index in [1.807, 2.05) is 47.9 Å². The summed E-state index contributed by atoms with van der Waals surface area (Å²) in [6, 6.07) is 20.7. The van der Waals surface area contributed by atoms with Gasteiger partial charge in [0.25, 0.3) is 8.32 Å². The smallest absolute Gasteiger partial charge is 0.261 e. The number of aliphatic hydroxyl groups is 1. The molecule has 0 aliphatic carbocycles. The van der Waals surface area contributed by atoms with Crippen LogP contribution in [0.3, 0.4) is 0 Å². The summed E-state index contributed by atoms with van der Waals surface area (Å²) in [5, 5.41) is 13.7. The molecule has 1 aromatic heterocycles. The zero-order chi connectivity index (χ0) is 28.4. The lowest BCUT2D eigenvalue weighted by Crippen LogP contribution is -2.68. The Morgan fingerprint density at radius 3 is 2.10 bits per heavy atom. The summed E-state index contributed by atoms with van der Waals surface area (Å²) in [5.74, 6) is 0.175.